The third kappa shape index (κ3) is 5.38. The molecule has 2 bridgehead atoms. The first kappa shape index (κ1) is 26.9. The maximum Gasteiger partial charge on any atom is 0.254 e. The van der Waals surface area contributed by atoms with E-state index in [0.717, 1.165) is 94.3 Å². The van der Waals surface area contributed by atoms with Crippen LogP contribution in [-0.4, -0.2) is 87.0 Å². The molecule has 0 radical (unpaired) electrons. The molecule has 1 saturated heterocycles. The van der Waals surface area contributed by atoms with Crippen LogP contribution in [-0.2, 0) is 9.53 Å². The van der Waals surface area contributed by atoms with Crippen LogP contribution in [0.4, 0.5) is 0 Å². The minimum Gasteiger partial charge on any atom is -0.370 e. The van der Waals surface area contributed by atoms with Gasteiger partial charge in [-0.3, -0.25) is 9.79 Å². The Hall–Kier alpha value is -1.26. The number of carbonyl (C=O) groups is 1. The van der Waals surface area contributed by atoms with Crippen LogP contribution in [0.5, 0.6) is 0 Å². The van der Waals surface area contributed by atoms with E-state index in [9.17, 15) is 20.1 Å². The van der Waals surface area contributed by atoms with Gasteiger partial charge in [0.15, 0.2) is 18.7 Å². The van der Waals surface area contributed by atoms with E-state index in [1.807, 2.05) is 0 Å². The predicted molar refractivity (Wildman–Crippen MR) is 143 cm³/mol. The van der Waals surface area contributed by atoms with Crippen molar-refractivity contribution in [3.63, 3.8) is 0 Å². The zero-order valence-corrected chi connectivity index (χ0v) is 23.0. The number of aliphatic imine (C=N–C) groups is 1. The molecular weight excluding hydrogens is 484 g/mol. The van der Waals surface area contributed by atoms with Gasteiger partial charge in [0.2, 0.25) is 0 Å². The van der Waals surface area contributed by atoms with Crippen molar-refractivity contribution >= 4 is 11.7 Å². The van der Waals surface area contributed by atoms with Gasteiger partial charge in [-0.15, -0.1) is 0 Å². The lowest BCUT2D eigenvalue weighted by atomic mass is 9.81. The number of ether oxygens (including phenoxy) is 1. The van der Waals surface area contributed by atoms with E-state index in [4.69, 9.17) is 9.73 Å². The van der Waals surface area contributed by atoms with E-state index >= 15 is 0 Å². The lowest BCUT2D eigenvalue weighted by molar-refractivity contribution is -0.185. The first-order chi connectivity index (χ1) is 18.4. The number of fused-ring (bicyclic) bond motifs is 4. The third-order valence-electron chi connectivity index (χ3n) is 10.6. The van der Waals surface area contributed by atoms with Gasteiger partial charge in [-0.1, -0.05) is 19.8 Å². The fraction of sp³-hybridized carbons (Fsp3) is 0.931. The van der Waals surface area contributed by atoms with Gasteiger partial charge in [0, 0.05) is 19.0 Å². The minimum atomic E-state index is -1.44. The van der Waals surface area contributed by atoms with Crippen molar-refractivity contribution < 1.29 is 24.9 Å². The maximum atomic E-state index is 13.6. The average Bonchev–Trinajstić information content (AvgIpc) is 3.79. The Morgan fingerprint density at radius 3 is 2.68 bits per heavy atom. The number of hydrogen-bond acceptors (Lipinski definition) is 8. The molecule has 2 heterocycles. The van der Waals surface area contributed by atoms with Gasteiger partial charge < -0.3 is 30.3 Å². The Morgan fingerprint density at radius 2 is 1.92 bits per heavy atom. The first-order valence-electron chi connectivity index (χ1n) is 15.5. The van der Waals surface area contributed by atoms with Crippen LogP contribution in [0.25, 0.3) is 0 Å². The van der Waals surface area contributed by atoms with Gasteiger partial charge in [0.25, 0.3) is 5.91 Å². The van der Waals surface area contributed by atoms with E-state index in [1.165, 1.54) is 19.3 Å². The molecular formula is C29H48N4O5. The molecule has 1 amide bonds. The van der Waals surface area contributed by atoms with Gasteiger partial charge in [0.1, 0.15) is 12.0 Å². The Bertz CT molecular complexity index is 896. The average molecular weight is 533 g/mol. The van der Waals surface area contributed by atoms with E-state index in [1.54, 1.807) is 4.90 Å². The highest BCUT2D eigenvalue weighted by molar-refractivity contribution is 5.94. The van der Waals surface area contributed by atoms with Crippen LogP contribution in [0.3, 0.4) is 0 Å². The Morgan fingerprint density at radius 1 is 1.11 bits per heavy atom. The highest BCUT2D eigenvalue weighted by Gasteiger charge is 2.53. The minimum absolute atomic E-state index is 0.0454. The van der Waals surface area contributed by atoms with Gasteiger partial charge in [0.05, 0.1) is 12.2 Å². The summed E-state index contributed by atoms with van der Waals surface area (Å²) in [4.78, 5) is 22.5. The number of aliphatic hydroxyl groups excluding tert-OH is 2. The van der Waals surface area contributed by atoms with Gasteiger partial charge in [-0.05, 0) is 94.3 Å². The molecule has 0 aromatic carbocycles. The number of carbonyl (C=O) groups excluding carboxylic acids is 1. The van der Waals surface area contributed by atoms with Crippen LogP contribution >= 0.6 is 0 Å². The number of hydrogen-bond donors (Lipinski definition) is 4. The molecule has 214 valence electrons. The number of nitrogens with zero attached hydrogens (tertiary/aromatic N) is 3. The van der Waals surface area contributed by atoms with Crippen molar-refractivity contribution in [3.8, 4) is 0 Å². The van der Waals surface area contributed by atoms with Crippen molar-refractivity contribution in [2.45, 2.75) is 121 Å². The quantitative estimate of drug-likeness (QED) is 0.302. The van der Waals surface area contributed by atoms with Crippen LogP contribution in [0.15, 0.2) is 4.99 Å². The summed E-state index contributed by atoms with van der Waals surface area (Å²) in [7, 11) is 0. The molecule has 38 heavy (non-hydrogen) atoms. The monoisotopic (exact) mass is 532 g/mol. The summed E-state index contributed by atoms with van der Waals surface area (Å²) in [6, 6.07) is -0.499. The number of rotatable bonds is 11. The van der Waals surface area contributed by atoms with Crippen LogP contribution in [0.2, 0.25) is 0 Å². The number of aliphatic hydroxyl groups is 3. The van der Waals surface area contributed by atoms with Crippen molar-refractivity contribution in [2.24, 2.45) is 34.6 Å². The molecule has 8 atom stereocenters. The van der Waals surface area contributed by atoms with Gasteiger partial charge >= 0.3 is 0 Å². The summed E-state index contributed by atoms with van der Waals surface area (Å²) in [5, 5.41) is 33.9. The number of amides is 1. The first-order valence-corrected chi connectivity index (χ1v) is 15.5. The molecule has 0 aromatic heterocycles. The Balaban J connectivity index is 1.17. The molecule has 4 aliphatic carbocycles. The second kappa shape index (κ2) is 11.0. The topological polar surface area (TPSA) is 118 Å². The zero-order chi connectivity index (χ0) is 26.4. The van der Waals surface area contributed by atoms with E-state index in [2.05, 4.69) is 17.1 Å². The Kier molecular flexibility index (Phi) is 7.77. The molecule has 4 saturated carbocycles. The maximum absolute atomic E-state index is 13.6. The fourth-order valence-electron chi connectivity index (χ4n) is 8.12. The summed E-state index contributed by atoms with van der Waals surface area (Å²) >= 11 is 0. The van der Waals surface area contributed by atoms with E-state index < -0.39 is 18.7 Å². The summed E-state index contributed by atoms with van der Waals surface area (Å²) in [5.74, 6) is 4.21. The standard InChI is InChI=1S/C29H48N4O5/c1-2-3-14-33-27(36)24-26(32(28(33)37)15-10-20-16-22(20)19-6-7-19)31-25(30-24)21-9-13-29(38-17-23(34)35)11-4-5-18(21)8-12-29/h18-24,26,28,34-35,37H,2-17H2,1H3,(H,30,31). The SMILES string of the molecule is CCCCN1C(=O)C2N=C(C3CCC4(OCC(O)O)CCCC3CC4)NC2N(CCC2CC2C2CC2)C1O. The summed E-state index contributed by atoms with van der Waals surface area (Å²) < 4.78 is 6.11. The predicted octanol–water partition coefficient (Wildman–Crippen LogP) is 2.40. The molecule has 2 aliphatic heterocycles. The number of nitrogens with one attached hydrogen (secondary N) is 1. The molecule has 6 aliphatic rings. The number of amidine groups is 1. The zero-order valence-electron chi connectivity index (χ0n) is 23.0. The molecule has 8 unspecified atom stereocenters. The fourth-order valence-corrected chi connectivity index (χ4v) is 8.12. The molecule has 0 aromatic rings. The highest BCUT2D eigenvalue weighted by atomic mass is 16.6. The van der Waals surface area contributed by atoms with Crippen LogP contribution in [0.1, 0.15) is 90.4 Å². The van der Waals surface area contributed by atoms with Crippen molar-refractivity contribution in [2.75, 3.05) is 19.7 Å². The van der Waals surface area contributed by atoms with E-state index in [-0.39, 0.29) is 30.2 Å². The second-order valence-electron chi connectivity index (χ2n) is 13.1. The molecule has 9 nitrogen and oxygen atoms in total. The lowest BCUT2D eigenvalue weighted by Gasteiger charge is -2.46. The summed E-state index contributed by atoms with van der Waals surface area (Å²) in [6.07, 6.45) is 11.3. The van der Waals surface area contributed by atoms with Crippen molar-refractivity contribution in [3.05, 3.63) is 0 Å². The van der Waals surface area contributed by atoms with Crippen molar-refractivity contribution in [1.29, 1.82) is 0 Å². The lowest BCUT2D eigenvalue weighted by Crippen LogP contribution is -2.68. The van der Waals surface area contributed by atoms with Gasteiger partial charge in [-0.25, -0.2) is 4.90 Å². The summed E-state index contributed by atoms with van der Waals surface area (Å²) in [6.45, 7) is 3.42. The van der Waals surface area contributed by atoms with Crippen LogP contribution in [0, 0.1) is 29.6 Å². The largest absolute Gasteiger partial charge is 0.370 e. The Labute approximate surface area is 227 Å². The smallest absolute Gasteiger partial charge is 0.254 e. The molecule has 5 fully saturated rings. The summed E-state index contributed by atoms with van der Waals surface area (Å²) in [5.41, 5.74) is -0.295. The van der Waals surface area contributed by atoms with E-state index in [0.29, 0.717) is 12.5 Å². The normalized spacial score (nSPS) is 41.1. The molecule has 4 N–H and O–H groups in total. The highest BCUT2D eigenvalue weighted by Crippen LogP contribution is 2.55. The molecule has 6 rings (SSSR count). The van der Waals surface area contributed by atoms with Gasteiger partial charge in [-0.2, -0.15) is 0 Å². The molecule has 9 heteroatoms. The second-order valence-corrected chi connectivity index (χ2v) is 13.1. The molecule has 0 spiro atoms. The third-order valence-corrected chi connectivity index (χ3v) is 10.6. The van der Waals surface area contributed by atoms with Crippen molar-refractivity contribution in [1.82, 2.24) is 15.1 Å². The van der Waals surface area contributed by atoms with Crippen LogP contribution < -0.4 is 5.32 Å². The number of unbranched alkanes of at least 4 members (excludes halogenated alkanes) is 1.